The number of benzene rings is 1. The summed E-state index contributed by atoms with van der Waals surface area (Å²) in [6.45, 7) is 4.96. The van der Waals surface area contributed by atoms with Crippen molar-refractivity contribution in [2.75, 3.05) is 0 Å². The van der Waals surface area contributed by atoms with Crippen LogP contribution >= 0.6 is 0 Å². The van der Waals surface area contributed by atoms with E-state index >= 15 is 0 Å². The Bertz CT molecular complexity index is 1170. The van der Waals surface area contributed by atoms with Gasteiger partial charge in [0, 0.05) is 17.8 Å². The molecule has 2 N–H and O–H groups in total. The Labute approximate surface area is 198 Å². The van der Waals surface area contributed by atoms with Crippen LogP contribution in [0.25, 0.3) is 11.4 Å². The molecule has 2 heterocycles. The molecule has 1 saturated carbocycles. The highest BCUT2D eigenvalue weighted by molar-refractivity contribution is 5.93. The van der Waals surface area contributed by atoms with Gasteiger partial charge in [0.05, 0.1) is 12.5 Å². The first-order valence-electron chi connectivity index (χ1n) is 11.8. The van der Waals surface area contributed by atoms with Crippen LogP contribution in [0.15, 0.2) is 36.4 Å². The molecule has 0 saturated heterocycles. The lowest BCUT2D eigenvalue weighted by atomic mass is 9.82. The van der Waals surface area contributed by atoms with Crippen molar-refractivity contribution in [3.05, 3.63) is 58.9 Å². The van der Waals surface area contributed by atoms with E-state index in [0.29, 0.717) is 54.6 Å². The van der Waals surface area contributed by atoms with Gasteiger partial charge in [-0.2, -0.15) is 4.80 Å². The Morgan fingerprint density at radius 1 is 1.12 bits per heavy atom. The number of carboxylic acids is 1. The zero-order valence-electron chi connectivity index (χ0n) is 19.6. The number of amides is 1. The van der Waals surface area contributed by atoms with Gasteiger partial charge in [-0.25, -0.2) is 4.98 Å². The summed E-state index contributed by atoms with van der Waals surface area (Å²) in [4.78, 5) is 29.9. The lowest BCUT2D eigenvalue weighted by molar-refractivity contribution is -0.143. The van der Waals surface area contributed by atoms with Crippen LogP contribution in [0.1, 0.15) is 59.9 Å². The van der Waals surface area contributed by atoms with Crippen LogP contribution in [-0.2, 0) is 24.3 Å². The first kappa shape index (κ1) is 23.5. The molecule has 0 radical (unpaired) electrons. The number of aromatic nitrogens is 5. The number of pyridine rings is 1. The topological polar surface area (TPSA) is 123 Å². The van der Waals surface area contributed by atoms with Gasteiger partial charge >= 0.3 is 5.97 Å². The third kappa shape index (κ3) is 5.84. The molecule has 0 aliphatic heterocycles. The summed E-state index contributed by atoms with van der Waals surface area (Å²) in [5.41, 5.74) is 3.96. The second-order valence-electron chi connectivity index (χ2n) is 8.96. The summed E-state index contributed by atoms with van der Waals surface area (Å²) in [7, 11) is 0. The third-order valence-electron chi connectivity index (χ3n) is 6.37. The molecule has 0 bridgehead atoms. The molecule has 1 aliphatic carbocycles. The van der Waals surface area contributed by atoms with E-state index in [1.807, 2.05) is 25.1 Å². The molecule has 0 spiro atoms. The smallest absolute Gasteiger partial charge is 0.306 e. The minimum Gasteiger partial charge on any atom is -0.481 e. The molecule has 178 valence electrons. The van der Waals surface area contributed by atoms with Gasteiger partial charge in [0.1, 0.15) is 5.69 Å². The molecule has 4 rings (SSSR count). The van der Waals surface area contributed by atoms with Crippen molar-refractivity contribution in [2.45, 2.75) is 59.0 Å². The molecule has 34 heavy (non-hydrogen) atoms. The third-order valence-corrected chi connectivity index (χ3v) is 6.37. The maximum atomic E-state index is 12.8. The van der Waals surface area contributed by atoms with Crippen LogP contribution in [0.4, 0.5) is 0 Å². The van der Waals surface area contributed by atoms with Crippen molar-refractivity contribution in [3.63, 3.8) is 0 Å². The lowest BCUT2D eigenvalue weighted by Crippen LogP contribution is -2.24. The van der Waals surface area contributed by atoms with Crippen LogP contribution in [-0.4, -0.2) is 42.2 Å². The molecule has 0 unspecified atom stereocenters. The number of carbonyl (C=O) groups is 2. The van der Waals surface area contributed by atoms with Crippen LogP contribution in [0, 0.1) is 18.8 Å². The van der Waals surface area contributed by atoms with E-state index in [1.54, 1.807) is 10.9 Å². The number of aliphatic carboxylic acids is 1. The number of hydrogen-bond acceptors (Lipinski definition) is 6. The standard InChI is InChI=1S/C25H30N6O3/c1-3-17-5-4-6-19(12-17)14-26-24(32)22-13-21(11-16(2)27-22)23-28-30-31(29-23)15-18-7-9-20(10-8-18)25(33)34/h4-6,11-13,18,20H,3,7-10,14-15H2,1-2H3,(H,26,32)(H,33,34)/t18-,20-. The van der Waals surface area contributed by atoms with E-state index in [9.17, 15) is 9.59 Å². The molecule has 1 aromatic carbocycles. The van der Waals surface area contributed by atoms with Gasteiger partial charge in [-0.15, -0.1) is 10.2 Å². The van der Waals surface area contributed by atoms with E-state index in [2.05, 4.69) is 44.8 Å². The van der Waals surface area contributed by atoms with E-state index in [1.165, 1.54) is 5.56 Å². The van der Waals surface area contributed by atoms with Crippen molar-refractivity contribution < 1.29 is 14.7 Å². The zero-order chi connectivity index (χ0) is 24.1. The predicted molar refractivity (Wildman–Crippen MR) is 126 cm³/mol. The number of hydrogen-bond donors (Lipinski definition) is 2. The Morgan fingerprint density at radius 2 is 1.88 bits per heavy atom. The van der Waals surface area contributed by atoms with Gasteiger partial charge in [-0.1, -0.05) is 31.2 Å². The van der Waals surface area contributed by atoms with Gasteiger partial charge in [0.15, 0.2) is 0 Å². The second kappa shape index (κ2) is 10.5. The fourth-order valence-electron chi connectivity index (χ4n) is 4.41. The fraction of sp³-hybridized carbons (Fsp3) is 0.440. The average molecular weight is 463 g/mol. The van der Waals surface area contributed by atoms with Crippen molar-refractivity contribution in [1.82, 2.24) is 30.5 Å². The zero-order valence-corrected chi connectivity index (χ0v) is 19.6. The Hall–Kier alpha value is -3.62. The quantitative estimate of drug-likeness (QED) is 0.526. The molecular weight excluding hydrogens is 432 g/mol. The number of carboxylic acid groups (broad SMARTS) is 1. The molecule has 9 nitrogen and oxygen atoms in total. The molecule has 9 heteroatoms. The Balaban J connectivity index is 1.40. The summed E-state index contributed by atoms with van der Waals surface area (Å²) in [6.07, 6.45) is 4.00. The number of nitrogens with zero attached hydrogens (tertiary/aromatic N) is 5. The van der Waals surface area contributed by atoms with E-state index < -0.39 is 5.97 Å². The lowest BCUT2D eigenvalue weighted by Gasteiger charge is -2.25. The highest BCUT2D eigenvalue weighted by Crippen LogP contribution is 2.29. The highest BCUT2D eigenvalue weighted by Gasteiger charge is 2.26. The van der Waals surface area contributed by atoms with Crippen molar-refractivity contribution in [1.29, 1.82) is 0 Å². The highest BCUT2D eigenvalue weighted by atomic mass is 16.4. The van der Waals surface area contributed by atoms with Crippen LogP contribution in [0.2, 0.25) is 0 Å². The van der Waals surface area contributed by atoms with Crippen LogP contribution in [0.3, 0.4) is 0 Å². The van der Waals surface area contributed by atoms with Crippen molar-refractivity contribution in [2.24, 2.45) is 11.8 Å². The van der Waals surface area contributed by atoms with E-state index in [-0.39, 0.29) is 11.8 Å². The first-order valence-corrected chi connectivity index (χ1v) is 11.8. The molecule has 0 atom stereocenters. The van der Waals surface area contributed by atoms with E-state index in [0.717, 1.165) is 24.8 Å². The van der Waals surface area contributed by atoms with Crippen LogP contribution < -0.4 is 5.32 Å². The van der Waals surface area contributed by atoms with Crippen LogP contribution in [0.5, 0.6) is 0 Å². The summed E-state index contributed by atoms with van der Waals surface area (Å²) in [5, 5.41) is 25.0. The van der Waals surface area contributed by atoms with Crippen molar-refractivity contribution in [3.8, 4) is 11.4 Å². The number of tetrazole rings is 1. The molecule has 1 amide bonds. The van der Waals surface area contributed by atoms with Gasteiger partial charge in [0.25, 0.3) is 5.91 Å². The normalized spacial score (nSPS) is 17.9. The van der Waals surface area contributed by atoms with Gasteiger partial charge in [-0.3, -0.25) is 9.59 Å². The average Bonchev–Trinajstić information content (AvgIpc) is 3.31. The summed E-state index contributed by atoms with van der Waals surface area (Å²) < 4.78 is 0. The molecular formula is C25H30N6O3. The first-order chi connectivity index (χ1) is 16.4. The maximum Gasteiger partial charge on any atom is 0.306 e. The summed E-state index contributed by atoms with van der Waals surface area (Å²) >= 11 is 0. The SMILES string of the molecule is CCc1cccc(CNC(=O)c2cc(-c3nnn(C[C@H]4CC[C@H](C(=O)O)CC4)n3)cc(C)n2)c1. The molecule has 2 aromatic heterocycles. The summed E-state index contributed by atoms with van der Waals surface area (Å²) in [6, 6.07) is 11.7. The number of rotatable bonds is 8. The Kier molecular flexibility index (Phi) is 7.30. The molecule has 1 fully saturated rings. The Morgan fingerprint density at radius 3 is 2.62 bits per heavy atom. The number of carbonyl (C=O) groups excluding carboxylic acids is 1. The van der Waals surface area contributed by atoms with Gasteiger partial charge < -0.3 is 10.4 Å². The minimum absolute atomic E-state index is 0.240. The minimum atomic E-state index is -0.706. The number of nitrogens with one attached hydrogen (secondary N) is 1. The van der Waals surface area contributed by atoms with Gasteiger partial charge in [-0.05, 0) is 73.4 Å². The van der Waals surface area contributed by atoms with Gasteiger partial charge in [0.2, 0.25) is 5.82 Å². The fourth-order valence-corrected chi connectivity index (χ4v) is 4.41. The number of aryl methyl sites for hydroxylation is 2. The largest absolute Gasteiger partial charge is 0.481 e. The summed E-state index contributed by atoms with van der Waals surface area (Å²) in [5.74, 6) is -0.425. The molecule has 3 aromatic rings. The predicted octanol–water partition coefficient (Wildman–Crippen LogP) is 3.43. The van der Waals surface area contributed by atoms with Crippen molar-refractivity contribution >= 4 is 11.9 Å². The van der Waals surface area contributed by atoms with E-state index in [4.69, 9.17) is 5.11 Å². The molecule has 1 aliphatic rings. The monoisotopic (exact) mass is 462 g/mol. The maximum absolute atomic E-state index is 12.8. The second-order valence-corrected chi connectivity index (χ2v) is 8.96.